The molecule has 0 bridgehead atoms. The highest BCUT2D eigenvalue weighted by molar-refractivity contribution is 7.09. The van der Waals surface area contributed by atoms with Gasteiger partial charge in [-0.15, -0.1) is 11.3 Å². The van der Waals surface area contributed by atoms with Crippen LogP contribution in [0.2, 0.25) is 0 Å². The van der Waals surface area contributed by atoms with E-state index in [4.69, 9.17) is 4.99 Å². The fourth-order valence-corrected chi connectivity index (χ4v) is 8.18. The molecular weight excluding hydrogens is 672 g/mol. The van der Waals surface area contributed by atoms with E-state index in [1.807, 2.05) is 32.2 Å². The zero-order valence-electron chi connectivity index (χ0n) is 29.2. The Bertz CT molecular complexity index is 2160. The quantitative estimate of drug-likeness (QED) is 0.185. The number of amides is 1. The molecule has 1 amide bonds. The minimum atomic E-state index is -4.25. The normalized spacial score (nSPS) is 17.4. The number of pyridine rings is 1. The minimum Gasteiger partial charge on any atom is -0.367 e. The summed E-state index contributed by atoms with van der Waals surface area (Å²) in [6, 6.07) is 12.5. The third-order valence-corrected chi connectivity index (χ3v) is 11.1. The number of rotatable bonds is 10. The van der Waals surface area contributed by atoms with Crippen molar-refractivity contribution in [1.82, 2.24) is 19.8 Å². The standard InChI is InChI=1S/C39H42F3N7OS/c1-5-35(50)47-37-25(3)17-27(22-45-37)10-16-49-30(21-43)18-32-26(4)28(8-9-34(32)49)23-48-14-11-29(12-15-48)46-38-33-19-31(20-39(40,41)42)51-36(33)24(2)7-6-13-44-38/h5,8-9,13,17-19,22,29,46H,1,6-7,10-12,14-16,20,23H2,2-4H3,(H,45,47,50)/b36-24?,38-33+,44-13-. The molecule has 2 N–H and O–H groups in total. The number of aromatic nitrogens is 2. The van der Waals surface area contributed by atoms with Crippen LogP contribution < -0.4 is 20.4 Å². The number of aliphatic imine (C=N–C) groups is 1. The van der Waals surface area contributed by atoms with Crippen LogP contribution in [-0.4, -0.2) is 51.9 Å². The Morgan fingerprint density at radius 1 is 1.18 bits per heavy atom. The summed E-state index contributed by atoms with van der Waals surface area (Å²) in [4.78, 5) is 23.5. The van der Waals surface area contributed by atoms with Crippen LogP contribution >= 0.6 is 11.3 Å². The van der Waals surface area contributed by atoms with Gasteiger partial charge < -0.3 is 15.2 Å². The van der Waals surface area contributed by atoms with Crippen molar-refractivity contribution in [3.05, 3.63) is 91.8 Å². The molecule has 1 saturated heterocycles. The number of benzene rings is 1. The maximum Gasteiger partial charge on any atom is 0.393 e. The van der Waals surface area contributed by atoms with Crippen molar-refractivity contribution in [3.8, 4) is 6.07 Å². The SMILES string of the molecule is C=CC(=O)Nc1ncc(CCn2c(C#N)cc3c(C)c(CN4CCC(NC5=c6\cc(CC(F)(F)F)sc6=C(C)CC/C=N\5)CC4)ccc32)cc1C. The molecule has 4 aromatic rings. The largest absolute Gasteiger partial charge is 0.393 e. The van der Waals surface area contributed by atoms with Gasteiger partial charge in [0, 0.05) is 70.2 Å². The van der Waals surface area contributed by atoms with E-state index >= 15 is 0 Å². The van der Waals surface area contributed by atoms with Crippen molar-refractivity contribution >= 4 is 51.6 Å². The third-order valence-electron chi connectivity index (χ3n) is 9.76. The van der Waals surface area contributed by atoms with Gasteiger partial charge in [0.1, 0.15) is 23.4 Å². The average molecular weight is 714 g/mol. The highest BCUT2D eigenvalue weighted by Gasteiger charge is 2.29. The summed E-state index contributed by atoms with van der Waals surface area (Å²) in [7, 11) is 0. The van der Waals surface area contributed by atoms with Crippen molar-refractivity contribution < 1.29 is 18.0 Å². The first-order valence-corrected chi connectivity index (χ1v) is 18.1. The molecule has 12 heteroatoms. The maximum atomic E-state index is 13.2. The highest BCUT2D eigenvalue weighted by Crippen LogP contribution is 2.28. The van der Waals surface area contributed by atoms with E-state index in [0.29, 0.717) is 35.2 Å². The summed E-state index contributed by atoms with van der Waals surface area (Å²) in [6.45, 7) is 12.7. The summed E-state index contributed by atoms with van der Waals surface area (Å²) < 4.78 is 42.6. The number of likely N-dealkylation sites (tertiary alicyclic amines) is 1. The molecule has 0 spiro atoms. The fourth-order valence-electron chi connectivity index (χ4n) is 6.96. The number of piperidine rings is 1. The summed E-state index contributed by atoms with van der Waals surface area (Å²) in [5.41, 5.74) is 6.98. The van der Waals surface area contributed by atoms with E-state index in [9.17, 15) is 23.2 Å². The van der Waals surface area contributed by atoms with E-state index in [0.717, 1.165) is 88.2 Å². The van der Waals surface area contributed by atoms with Crippen LogP contribution in [0.3, 0.4) is 0 Å². The first kappa shape index (κ1) is 36.1. The number of thiophene rings is 1. The van der Waals surface area contributed by atoms with Gasteiger partial charge in [-0.1, -0.05) is 24.3 Å². The molecule has 0 radical (unpaired) electrons. The number of hydrogen-bond acceptors (Lipinski definition) is 7. The second-order valence-corrected chi connectivity index (χ2v) is 14.6. The Labute approximate surface area is 299 Å². The number of aryl methyl sites for hydroxylation is 4. The monoisotopic (exact) mass is 713 g/mol. The number of carbonyl (C=O) groups excluding carboxylic acids is 1. The molecule has 0 atom stereocenters. The minimum absolute atomic E-state index is 0.170. The van der Waals surface area contributed by atoms with Gasteiger partial charge in [-0.05, 0) is 99.4 Å². The van der Waals surface area contributed by atoms with Crippen LogP contribution in [0.25, 0.3) is 22.3 Å². The van der Waals surface area contributed by atoms with Gasteiger partial charge >= 0.3 is 6.18 Å². The number of halogens is 3. The summed E-state index contributed by atoms with van der Waals surface area (Å²) >= 11 is 1.23. The summed E-state index contributed by atoms with van der Waals surface area (Å²) in [5, 5.41) is 18.2. The zero-order chi connectivity index (χ0) is 36.3. The maximum absolute atomic E-state index is 13.2. The van der Waals surface area contributed by atoms with Crippen LogP contribution in [0.5, 0.6) is 0 Å². The molecule has 1 aromatic carbocycles. The van der Waals surface area contributed by atoms with Crippen molar-refractivity contribution in [1.29, 1.82) is 5.26 Å². The zero-order valence-corrected chi connectivity index (χ0v) is 30.0. The third kappa shape index (κ3) is 8.43. The molecule has 0 saturated carbocycles. The molecule has 2 aliphatic heterocycles. The van der Waals surface area contributed by atoms with Gasteiger partial charge in [0.05, 0.1) is 6.42 Å². The molecule has 1 fully saturated rings. The van der Waals surface area contributed by atoms with Crippen LogP contribution in [0, 0.1) is 25.2 Å². The molecule has 2 aliphatic rings. The van der Waals surface area contributed by atoms with Gasteiger partial charge in [-0.2, -0.15) is 18.4 Å². The molecule has 5 heterocycles. The topological polar surface area (TPSA) is 98.3 Å². The van der Waals surface area contributed by atoms with E-state index in [1.165, 1.54) is 23.0 Å². The Balaban J connectivity index is 1.12. The number of carbonyl (C=O) groups is 1. The lowest BCUT2D eigenvalue weighted by atomic mass is 10.0. The molecule has 3 aromatic heterocycles. The molecule has 266 valence electrons. The highest BCUT2D eigenvalue weighted by atomic mass is 32.1. The van der Waals surface area contributed by atoms with Crippen LogP contribution in [0.4, 0.5) is 19.0 Å². The van der Waals surface area contributed by atoms with Crippen LogP contribution in [0.15, 0.2) is 54.2 Å². The van der Waals surface area contributed by atoms with Gasteiger partial charge in [-0.25, -0.2) is 9.98 Å². The Hall–Kier alpha value is -4.73. The van der Waals surface area contributed by atoms with Crippen LogP contribution in [0.1, 0.15) is 65.4 Å². The molecule has 51 heavy (non-hydrogen) atoms. The summed E-state index contributed by atoms with van der Waals surface area (Å²) in [6.07, 6.45) is 3.67. The van der Waals surface area contributed by atoms with E-state index in [-0.39, 0.29) is 11.9 Å². The average Bonchev–Trinajstić information content (AvgIpc) is 3.67. The Kier molecular flexibility index (Phi) is 10.8. The Morgan fingerprint density at radius 3 is 2.67 bits per heavy atom. The van der Waals surface area contributed by atoms with E-state index in [2.05, 4.69) is 56.8 Å². The first-order chi connectivity index (χ1) is 24.4. The van der Waals surface area contributed by atoms with E-state index in [1.54, 1.807) is 12.3 Å². The Morgan fingerprint density at radius 2 is 1.96 bits per heavy atom. The van der Waals surface area contributed by atoms with E-state index < -0.39 is 12.6 Å². The van der Waals surface area contributed by atoms with Crippen molar-refractivity contribution in [3.63, 3.8) is 0 Å². The number of hydrogen-bond donors (Lipinski definition) is 2. The van der Waals surface area contributed by atoms with Gasteiger partial charge in [0.2, 0.25) is 5.91 Å². The predicted octanol–water partition coefficient (Wildman–Crippen LogP) is 6.41. The number of alkyl halides is 3. The molecule has 0 unspecified atom stereocenters. The molecule has 0 aliphatic carbocycles. The second-order valence-electron chi connectivity index (χ2n) is 13.4. The lowest BCUT2D eigenvalue weighted by Crippen LogP contribution is -2.43. The number of fused-ring (bicyclic) bond motifs is 2. The molecular formula is C39H42F3N7OS. The molecule has 8 nitrogen and oxygen atoms in total. The first-order valence-electron chi connectivity index (χ1n) is 17.2. The van der Waals surface area contributed by atoms with Gasteiger partial charge in [-0.3, -0.25) is 9.69 Å². The van der Waals surface area contributed by atoms with Gasteiger partial charge in [0.25, 0.3) is 0 Å². The van der Waals surface area contributed by atoms with Crippen molar-refractivity contribution in [2.75, 3.05) is 18.4 Å². The predicted molar refractivity (Wildman–Crippen MR) is 198 cm³/mol. The smallest absolute Gasteiger partial charge is 0.367 e. The van der Waals surface area contributed by atoms with Gasteiger partial charge in [0.15, 0.2) is 0 Å². The fraction of sp³-hybridized carbons (Fsp3) is 0.385. The lowest BCUT2D eigenvalue weighted by Gasteiger charge is -2.33. The summed E-state index contributed by atoms with van der Waals surface area (Å²) in [5.74, 6) is 0.873. The number of nitrogens with zero attached hydrogens (tertiary/aromatic N) is 5. The molecule has 6 rings (SSSR count). The van der Waals surface area contributed by atoms with Crippen molar-refractivity contribution in [2.24, 2.45) is 4.99 Å². The number of nitriles is 1. The van der Waals surface area contributed by atoms with Crippen LogP contribution in [-0.2, 0) is 30.7 Å². The number of anilines is 1. The number of nitrogens with one attached hydrogen (secondary N) is 2. The van der Waals surface area contributed by atoms with Crippen molar-refractivity contribution in [2.45, 2.75) is 84.6 Å². The second kappa shape index (κ2) is 15.3. The lowest BCUT2D eigenvalue weighted by molar-refractivity contribution is -0.126.